The Labute approximate surface area is 158 Å². The van der Waals surface area contributed by atoms with Crippen LogP contribution < -0.4 is 0 Å². The second-order valence-electron chi connectivity index (χ2n) is 6.00. The van der Waals surface area contributed by atoms with Crippen LogP contribution in [0.25, 0.3) is 0 Å². The Morgan fingerprint density at radius 1 is 1.00 bits per heavy atom. The van der Waals surface area contributed by atoms with Gasteiger partial charge in [0.1, 0.15) is 5.82 Å². The Bertz CT molecular complexity index is 1010. The predicted molar refractivity (Wildman–Crippen MR) is 96.9 cm³/mol. The Morgan fingerprint density at radius 3 is 2.08 bits per heavy atom. The maximum atomic E-state index is 12.7. The molecule has 0 spiro atoms. The van der Waals surface area contributed by atoms with E-state index in [1.807, 2.05) is 0 Å². The van der Waals surface area contributed by atoms with Crippen molar-refractivity contribution < 1.29 is 16.8 Å². The summed E-state index contributed by atoms with van der Waals surface area (Å²) in [7, 11) is -5.74. The zero-order valence-electron chi connectivity index (χ0n) is 14.3. The van der Waals surface area contributed by atoms with Gasteiger partial charge in [-0.1, -0.05) is 17.7 Å². The quantitative estimate of drug-likeness (QED) is 0.740. The van der Waals surface area contributed by atoms with Crippen molar-refractivity contribution in [2.45, 2.75) is 16.8 Å². The molecule has 1 saturated heterocycles. The highest BCUT2D eigenvalue weighted by Crippen LogP contribution is 2.23. The zero-order valence-corrected chi connectivity index (χ0v) is 16.7. The number of aryl methyl sites for hydroxylation is 2. The van der Waals surface area contributed by atoms with Gasteiger partial charge >= 0.3 is 0 Å². The molecule has 2 aromatic rings. The first-order valence-electron chi connectivity index (χ1n) is 7.88. The van der Waals surface area contributed by atoms with E-state index in [2.05, 4.69) is 4.98 Å². The summed E-state index contributed by atoms with van der Waals surface area (Å²) < 4.78 is 54.9. The van der Waals surface area contributed by atoms with Crippen molar-refractivity contribution >= 4 is 31.6 Å². The summed E-state index contributed by atoms with van der Waals surface area (Å²) in [5, 5.41) is 0.307. The van der Waals surface area contributed by atoms with Crippen molar-refractivity contribution in [1.29, 1.82) is 0 Å². The second-order valence-corrected chi connectivity index (χ2v) is 10.3. The number of rotatable bonds is 4. The lowest BCUT2D eigenvalue weighted by atomic mass is 10.4. The molecule has 1 aliphatic rings. The van der Waals surface area contributed by atoms with Crippen LogP contribution in [0.15, 0.2) is 40.4 Å². The van der Waals surface area contributed by atoms with Gasteiger partial charge < -0.3 is 4.57 Å². The lowest BCUT2D eigenvalue weighted by Crippen LogP contribution is -2.50. The minimum atomic E-state index is -3.75. The molecular weight excluding hydrogens is 400 g/mol. The molecule has 1 fully saturated rings. The van der Waals surface area contributed by atoms with Crippen molar-refractivity contribution in [1.82, 2.24) is 18.2 Å². The molecule has 26 heavy (non-hydrogen) atoms. The molecule has 1 aromatic carbocycles. The third-order valence-electron chi connectivity index (χ3n) is 4.32. The molecule has 0 bridgehead atoms. The van der Waals surface area contributed by atoms with E-state index in [9.17, 15) is 16.8 Å². The normalized spacial score (nSPS) is 17.5. The lowest BCUT2D eigenvalue weighted by Gasteiger charge is -2.32. The van der Waals surface area contributed by atoms with E-state index in [1.54, 1.807) is 30.7 Å². The molecule has 8 nitrogen and oxygen atoms in total. The van der Waals surface area contributed by atoms with Gasteiger partial charge in [0.2, 0.25) is 10.0 Å². The Kier molecular flexibility index (Phi) is 5.15. The molecule has 0 amide bonds. The molecule has 1 aliphatic heterocycles. The van der Waals surface area contributed by atoms with Gasteiger partial charge in [-0.05, 0) is 25.1 Å². The minimum absolute atomic E-state index is 0.0244. The average Bonchev–Trinajstić information content (AvgIpc) is 2.95. The van der Waals surface area contributed by atoms with Gasteiger partial charge in [0.05, 0.1) is 4.90 Å². The van der Waals surface area contributed by atoms with Crippen LogP contribution in [0, 0.1) is 6.92 Å². The molecular formula is C15H19ClN4O4S2. The highest BCUT2D eigenvalue weighted by atomic mass is 35.5. The summed E-state index contributed by atoms with van der Waals surface area (Å²) in [6, 6.07) is 6.02. The molecule has 11 heteroatoms. The number of halogens is 1. The topological polar surface area (TPSA) is 92.6 Å². The van der Waals surface area contributed by atoms with E-state index in [-0.39, 0.29) is 36.1 Å². The highest BCUT2D eigenvalue weighted by Gasteiger charge is 2.34. The molecule has 142 valence electrons. The Balaban J connectivity index is 1.77. The van der Waals surface area contributed by atoms with Crippen LogP contribution >= 0.6 is 11.6 Å². The number of nitrogens with zero attached hydrogens (tertiary/aromatic N) is 4. The molecule has 1 aromatic heterocycles. The average molecular weight is 419 g/mol. The van der Waals surface area contributed by atoms with E-state index in [1.165, 1.54) is 26.9 Å². The van der Waals surface area contributed by atoms with Gasteiger partial charge in [0.25, 0.3) is 10.0 Å². The van der Waals surface area contributed by atoms with Crippen molar-refractivity contribution in [3.8, 4) is 0 Å². The third kappa shape index (κ3) is 3.52. The fourth-order valence-corrected chi connectivity index (χ4v) is 5.88. The maximum absolute atomic E-state index is 12.7. The molecule has 0 atom stereocenters. The number of aromatic nitrogens is 2. The third-order valence-corrected chi connectivity index (χ3v) is 8.22. The first kappa shape index (κ1) is 19.3. The molecule has 2 heterocycles. The molecule has 0 aliphatic carbocycles. The van der Waals surface area contributed by atoms with E-state index >= 15 is 0 Å². The molecule has 0 unspecified atom stereocenters. The lowest BCUT2D eigenvalue weighted by molar-refractivity contribution is 0.272. The van der Waals surface area contributed by atoms with E-state index in [0.29, 0.717) is 10.8 Å². The SMILES string of the molecule is Cc1nc(S(=O)(=O)N2CCN(S(=O)(=O)c3cccc(Cl)c3)CC2)cn1C. The Morgan fingerprint density at radius 2 is 1.58 bits per heavy atom. The first-order chi connectivity index (χ1) is 12.1. The summed E-state index contributed by atoms with van der Waals surface area (Å²) in [5.41, 5.74) is 0. The molecule has 3 rings (SSSR count). The Hall–Kier alpha value is -1.46. The number of imidazole rings is 1. The van der Waals surface area contributed by atoms with E-state index in [4.69, 9.17) is 11.6 Å². The summed E-state index contributed by atoms with van der Waals surface area (Å²) in [6.07, 6.45) is 1.46. The van der Waals surface area contributed by atoms with Gasteiger partial charge in [-0.3, -0.25) is 0 Å². The number of benzene rings is 1. The van der Waals surface area contributed by atoms with Crippen LogP contribution in [-0.2, 0) is 27.1 Å². The minimum Gasteiger partial charge on any atom is -0.337 e. The maximum Gasteiger partial charge on any atom is 0.262 e. The van der Waals surface area contributed by atoms with Crippen LogP contribution in [-0.4, -0.2) is 61.2 Å². The number of sulfonamides is 2. The van der Waals surface area contributed by atoms with Crippen molar-refractivity contribution in [2.24, 2.45) is 7.05 Å². The number of hydrogen-bond acceptors (Lipinski definition) is 5. The van der Waals surface area contributed by atoms with Crippen LogP contribution in [0.5, 0.6) is 0 Å². The summed E-state index contributed by atoms with van der Waals surface area (Å²) >= 11 is 5.88. The molecule has 0 saturated carbocycles. The van der Waals surface area contributed by atoms with Gasteiger partial charge in [0.15, 0.2) is 5.03 Å². The first-order valence-corrected chi connectivity index (χ1v) is 11.1. The van der Waals surface area contributed by atoms with Gasteiger partial charge in [-0.2, -0.15) is 8.61 Å². The number of piperazine rings is 1. The summed E-state index contributed by atoms with van der Waals surface area (Å²) in [4.78, 5) is 4.17. The summed E-state index contributed by atoms with van der Waals surface area (Å²) in [5.74, 6) is 0.589. The zero-order chi connectivity index (χ0) is 19.1. The highest BCUT2D eigenvalue weighted by molar-refractivity contribution is 7.89. The van der Waals surface area contributed by atoms with Crippen LogP contribution in [0.3, 0.4) is 0 Å². The largest absolute Gasteiger partial charge is 0.337 e. The fourth-order valence-electron chi connectivity index (χ4n) is 2.71. The smallest absolute Gasteiger partial charge is 0.262 e. The van der Waals surface area contributed by atoms with Gasteiger partial charge in [-0.25, -0.2) is 21.8 Å². The van der Waals surface area contributed by atoms with Gasteiger partial charge in [-0.15, -0.1) is 0 Å². The van der Waals surface area contributed by atoms with Crippen LogP contribution in [0.2, 0.25) is 5.02 Å². The monoisotopic (exact) mass is 418 g/mol. The van der Waals surface area contributed by atoms with Crippen molar-refractivity contribution in [2.75, 3.05) is 26.2 Å². The fraction of sp³-hybridized carbons (Fsp3) is 0.400. The van der Waals surface area contributed by atoms with Crippen molar-refractivity contribution in [3.05, 3.63) is 41.3 Å². The number of hydrogen-bond donors (Lipinski definition) is 0. The van der Waals surface area contributed by atoms with E-state index in [0.717, 1.165) is 0 Å². The van der Waals surface area contributed by atoms with Gasteiger partial charge in [0, 0.05) is 44.4 Å². The van der Waals surface area contributed by atoms with Crippen molar-refractivity contribution in [3.63, 3.8) is 0 Å². The van der Waals surface area contributed by atoms with E-state index < -0.39 is 20.0 Å². The predicted octanol–water partition coefficient (Wildman–Crippen LogP) is 1.08. The van der Waals surface area contributed by atoms with Crippen LogP contribution in [0.1, 0.15) is 5.82 Å². The second kappa shape index (κ2) is 6.93. The van der Waals surface area contributed by atoms with Crippen LogP contribution in [0.4, 0.5) is 0 Å². The standard InChI is InChI=1S/C15H19ClN4O4S2/c1-12-17-15(11-18(12)2)26(23,24)20-8-6-19(7-9-20)25(21,22)14-5-3-4-13(16)10-14/h3-5,10-11H,6-9H2,1-2H3. The molecule has 0 N–H and O–H groups in total. The molecule has 0 radical (unpaired) electrons. The summed E-state index contributed by atoms with van der Waals surface area (Å²) in [6.45, 7) is 1.99.